The molecule has 0 amide bonds. The molecule has 0 saturated carbocycles. The molecular weight excluding hydrogens is 314 g/mol. The van der Waals surface area contributed by atoms with Crippen molar-refractivity contribution in [1.29, 1.82) is 0 Å². The van der Waals surface area contributed by atoms with Gasteiger partial charge in [-0.1, -0.05) is 17.7 Å². The van der Waals surface area contributed by atoms with Crippen LogP contribution in [0.3, 0.4) is 0 Å². The number of anilines is 1. The fourth-order valence-electron chi connectivity index (χ4n) is 1.85. The monoisotopic (exact) mass is 331 g/mol. The molecule has 120 valence electrons. The summed E-state index contributed by atoms with van der Waals surface area (Å²) in [5, 5.41) is 35.9. The second kappa shape index (κ2) is 6.97. The van der Waals surface area contributed by atoms with Crippen molar-refractivity contribution < 1.29 is 15.3 Å². The molecule has 0 fully saturated rings. The lowest BCUT2D eigenvalue weighted by atomic mass is 10.1. The number of rotatable bonds is 3. The summed E-state index contributed by atoms with van der Waals surface area (Å²) in [5.74, 6) is -1.42. The summed E-state index contributed by atoms with van der Waals surface area (Å²) in [5.41, 5.74) is 5.31. The number of hydrogen-bond donors (Lipinski definition) is 5. The van der Waals surface area contributed by atoms with Gasteiger partial charge in [0.05, 0.1) is 5.71 Å². The summed E-state index contributed by atoms with van der Waals surface area (Å²) < 4.78 is 0. The third kappa shape index (κ3) is 4.10. The number of benzene rings is 2. The van der Waals surface area contributed by atoms with E-state index in [2.05, 4.69) is 15.8 Å². The topological polar surface area (TPSA) is 97.1 Å². The largest absolute Gasteiger partial charge is 0.504 e. The first-order chi connectivity index (χ1) is 10.9. The molecule has 0 aliphatic heterocycles. The van der Waals surface area contributed by atoms with Gasteiger partial charge < -0.3 is 20.6 Å². The Morgan fingerprint density at radius 1 is 1.00 bits per heavy atom. The van der Waals surface area contributed by atoms with Crippen LogP contribution in [-0.2, 0) is 0 Å². The Kier molecular flexibility index (Phi) is 5.02. The Morgan fingerprint density at radius 3 is 2.30 bits per heavy atom. The summed E-state index contributed by atoms with van der Waals surface area (Å²) in [6.45, 7) is 3.63. The van der Waals surface area contributed by atoms with Gasteiger partial charge in [0.1, 0.15) is 0 Å². The highest BCUT2D eigenvalue weighted by atomic mass is 32.1. The molecule has 2 aromatic carbocycles. The second-order valence-corrected chi connectivity index (χ2v) is 5.37. The number of hydrazone groups is 1. The number of nitrogens with zero attached hydrogens (tertiary/aromatic N) is 1. The van der Waals surface area contributed by atoms with Crippen LogP contribution < -0.4 is 10.7 Å². The van der Waals surface area contributed by atoms with Gasteiger partial charge in [-0.15, -0.1) is 0 Å². The maximum absolute atomic E-state index is 9.81. The van der Waals surface area contributed by atoms with Crippen LogP contribution in [0.2, 0.25) is 0 Å². The standard InChI is InChI=1S/C16H17N3O3S/c1-9-3-5-11(6-4-9)17-16(23)19-18-10(2)12-7-8-13(20)15(22)14(12)21/h3-8,20-22H,1-2H3,(H2,17,19,23)/b18-10+. The number of hydrogen-bond acceptors (Lipinski definition) is 5. The molecule has 0 spiro atoms. The number of nitrogens with one attached hydrogen (secondary N) is 2. The average Bonchev–Trinajstić information content (AvgIpc) is 2.53. The van der Waals surface area contributed by atoms with Crippen LogP contribution in [0.5, 0.6) is 17.2 Å². The first-order valence-corrected chi connectivity index (χ1v) is 7.21. The Hall–Kier alpha value is -2.80. The Bertz CT molecular complexity index is 758. The molecule has 2 aromatic rings. The van der Waals surface area contributed by atoms with Crippen LogP contribution in [0.15, 0.2) is 41.5 Å². The van der Waals surface area contributed by atoms with Crippen molar-refractivity contribution >= 4 is 28.7 Å². The number of aryl methyl sites for hydroxylation is 1. The molecule has 0 radical (unpaired) electrons. The van der Waals surface area contributed by atoms with Gasteiger partial charge >= 0.3 is 0 Å². The van der Waals surface area contributed by atoms with E-state index in [1.165, 1.54) is 12.1 Å². The molecule has 2 rings (SSSR count). The molecular formula is C16H17N3O3S. The van der Waals surface area contributed by atoms with Crippen molar-refractivity contribution in [2.75, 3.05) is 5.32 Å². The normalized spacial score (nSPS) is 11.1. The van der Waals surface area contributed by atoms with E-state index >= 15 is 0 Å². The van der Waals surface area contributed by atoms with E-state index in [1.54, 1.807) is 6.92 Å². The van der Waals surface area contributed by atoms with E-state index in [9.17, 15) is 15.3 Å². The van der Waals surface area contributed by atoms with Crippen LogP contribution >= 0.6 is 12.2 Å². The molecule has 0 aliphatic rings. The molecule has 0 bridgehead atoms. The molecule has 0 heterocycles. The van der Waals surface area contributed by atoms with E-state index < -0.39 is 17.2 Å². The first kappa shape index (κ1) is 16.6. The quantitative estimate of drug-likeness (QED) is 0.257. The van der Waals surface area contributed by atoms with Crippen molar-refractivity contribution in [3.63, 3.8) is 0 Å². The lowest BCUT2D eigenvalue weighted by Crippen LogP contribution is -2.24. The predicted octanol–water partition coefficient (Wildman–Crippen LogP) is 2.82. The van der Waals surface area contributed by atoms with Crippen LogP contribution in [-0.4, -0.2) is 26.1 Å². The zero-order chi connectivity index (χ0) is 17.0. The maximum Gasteiger partial charge on any atom is 0.200 e. The zero-order valence-electron chi connectivity index (χ0n) is 12.7. The molecule has 0 unspecified atom stereocenters. The predicted molar refractivity (Wildman–Crippen MR) is 94.2 cm³/mol. The molecule has 0 aromatic heterocycles. The number of phenols is 3. The molecule has 23 heavy (non-hydrogen) atoms. The maximum atomic E-state index is 9.81. The molecule has 7 heteroatoms. The summed E-state index contributed by atoms with van der Waals surface area (Å²) in [4.78, 5) is 0. The van der Waals surface area contributed by atoms with Gasteiger partial charge in [-0.25, -0.2) is 0 Å². The van der Waals surface area contributed by atoms with Crippen molar-refractivity contribution in [2.24, 2.45) is 5.10 Å². The molecule has 0 atom stereocenters. The SMILES string of the molecule is C/C(=N\NC(=S)Nc1ccc(C)cc1)c1ccc(O)c(O)c1O. The minimum Gasteiger partial charge on any atom is -0.504 e. The number of phenolic OH excluding ortho intramolecular Hbond substituents is 3. The summed E-state index contributed by atoms with van der Waals surface area (Å²) in [6, 6.07) is 10.4. The first-order valence-electron chi connectivity index (χ1n) is 6.80. The Morgan fingerprint density at radius 2 is 1.65 bits per heavy atom. The van der Waals surface area contributed by atoms with Gasteiger partial charge in [-0.3, -0.25) is 5.43 Å². The van der Waals surface area contributed by atoms with Crippen molar-refractivity contribution in [3.05, 3.63) is 47.5 Å². The zero-order valence-corrected chi connectivity index (χ0v) is 13.5. The molecule has 0 aliphatic carbocycles. The fourth-order valence-corrected chi connectivity index (χ4v) is 2.02. The van der Waals surface area contributed by atoms with Crippen LogP contribution in [0.1, 0.15) is 18.1 Å². The van der Waals surface area contributed by atoms with Crippen molar-refractivity contribution in [2.45, 2.75) is 13.8 Å². The Labute approximate surface area is 139 Å². The highest BCUT2D eigenvalue weighted by Gasteiger charge is 2.13. The minimum atomic E-state index is -0.586. The number of thiocarbonyl (C=S) groups is 1. The Balaban J connectivity index is 2.06. The summed E-state index contributed by atoms with van der Waals surface area (Å²) in [7, 11) is 0. The van der Waals surface area contributed by atoms with Crippen molar-refractivity contribution in [1.82, 2.24) is 5.43 Å². The van der Waals surface area contributed by atoms with E-state index in [0.717, 1.165) is 11.3 Å². The van der Waals surface area contributed by atoms with Gasteiger partial charge in [0, 0.05) is 11.3 Å². The van der Waals surface area contributed by atoms with Crippen LogP contribution in [0, 0.1) is 6.92 Å². The van der Waals surface area contributed by atoms with Gasteiger partial charge in [0.2, 0.25) is 5.75 Å². The van der Waals surface area contributed by atoms with Crippen LogP contribution in [0.4, 0.5) is 5.69 Å². The van der Waals surface area contributed by atoms with E-state index in [4.69, 9.17) is 12.2 Å². The summed E-state index contributed by atoms with van der Waals surface area (Å²) >= 11 is 5.14. The summed E-state index contributed by atoms with van der Waals surface area (Å²) in [6.07, 6.45) is 0. The lowest BCUT2D eigenvalue weighted by molar-refractivity contribution is 0.367. The van der Waals surface area contributed by atoms with Gasteiger partial charge in [-0.05, 0) is 50.3 Å². The minimum absolute atomic E-state index is 0.283. The highest BCUT2D eigenvalue weighted by Crippen LogP contribution is 2.37. The van der Waals surface area contributed by atoms with Gasteiger partial charge in [0.15, 0.2) is 16.6 Å². The highest BCUT2D eigenvalue weighted by molar-refractivity contribution is 7.80. The van der Waals surface area contributed by atoms with E-state index in [1.807, 2.05) is 31.2 Å². The van der Waals surface area contributed by atoms with Gasteiger partial charge in [0.25, 0.3) is 0 Å². The van der Waals surface area contributed by atoms with Gasteiger partial charge in [-0.2, -0.15) is 5.10 Å². The van der Waals surface area contributed by atoms with E-state index in [-0.39, 0.29) is 10.7 Å². The number of aromatic hydroxyl groups is 3. The molecule has 0 saturated heterocycles. The lowest BCUT2D eigenvalue weighted by Gasteiger charge is -2.10. The molecule has 5 N–H and O–H groups in total. The third-order valence-electron chi connectivity index (χ3n) is 3.15. The fraction of sp³-hybridized carbons (Fsp3) is 0.125. The van der Waals surface area contributed by atoms with Crippen molar-refractivity contribution in [3.8, 4) is 17.2 Å². The third-order valence-corrected chi connectivity index (χ3v) is 3.35. The van der Waals surface area contributed by atoms with Crippen LogP contribution in [0.25, 0.3) is 0 Å². The smallest absolute Gasteiger partial charge is 0.200 e. The molecule has 6 nitrogen and oxygen atoms in total. The average molecular weight is 331 g/mol. The van der Waals surface area contributed by atoms with E-state index in [0.29, 0.717) is 5.71 Å². The second-order valence-electron chi connectivity index (χ2n) is 4.96.